The highest BCUT2D eigenvalue weighted by Gasteiger charge is 2.25. The molecule has 35 heavy (non-hydrogen) atoms. The van der Waals surface area contributed by atoms with E-state index in [1.165, 1.54) is 18.2 Å². The molecule has 0 aliphatic rings. The topological polar surface area (TPSA) is 56.1 Å². The van der Waals surface area contributed by atoms with E-state index in [1.807, 2.05) is 12.1 Å². The van der Waals surface area contributed by atoms with E-state index >= 15 is 0 Å². The first-order chi connectivity index (χ1) is 16.6. The molecule has 0 saturated heterocycles. The third-order valence-electron chi connectivity index (χ3n) is 5.54. The molecule has 0 fully saturated rings. The van der Waals surface area contributed by atoms with Crippen LogP contribution in [0.25, 0.3) is 16.6 Å². The molecule has 1 aromatic heterocycles. The molecule has 1 amide bonds. The first kappa shape index (κ1) is 24.3. The van der Waals surface area contributed by atoms with Crippen molar-refractivity contribution in [1.82, 2.24) is 15.1 Å². The van der Waals surface area contributed by atoms with Gasteiger partial charge in [0.25, 0.3) is 0 Å². The predicted molar refractivity (Wildman–Crippen MR) is 128 cm³/mol. The van der Waals surface area contributed by atoms with Crippen molar-refractivity contribution in [3.05, 3.63) is 89.9 Å². The van der Waals surface area contributed by atoms with Gasteiger partial charge in [-0.3, -0.25) is 4.79 Å². The summed E-state index contributed by atoms with van der Waals surface area (Å²) in [5, 5.41) is 8.16. The van der Waals surface area contributed by atoms with Crippen LogP contribution in [0.4, 0.5) is 13.2 Å². The first-order valence-electron chi connectivity index (χ1n) is 11.2. The van der Waals surface area contributed by atoms with Gasteiger partial charge in [-0.2, -0.15) is 5.10 Å². The monoisotopic (exact) mass is 481 g/mol. The number of hydrogen-bond acceptors (Lipinski definition) is 3. The van der Waals surface area contributed by atoms with Crippen LogP contribution in [0.2, 0.25) is 0 Å². The maximum atomic E-state index is 13.7. The van der Waals surface area contributed by atoms with Crippen LogP contribution < -0.4 is 10.1 Å². The first-order valence-corrected chi connectivity index (χ1v) is 11.2. The van der Waals surface area contributed by atoms with Gasteiger partial charge in [0.1, 0.15) is 18.2 Å². The van der Waals surface area contributed by atoms with Crippen molar-refractivity contribution >= 4 is 16.8 Å². The van der Waals surface area contributed by atoms with E-state index < -0.39 is 23.1 Å². The fourth-order valence-corrected chi connectivity index (χ4v) is 3.59. The lowest BCUT2D eigenvalue weighted by molar-refractivity contribution is -0.129. The largest absolute Gasteiger partial charge is 0.491 e. The summed E-state index contributed by atoms with van der Waals surface area (Å²) >= 11 is 0. The molecule has 1 heterocycles. The Bertz CT molecular complexity index is 1340. The van der Waals surface area contributed by atoms with Gasteiger partial charge in [-0.15, -0.1) is 0 Å². The zero-order chi connectivity index (χ0) is 25.2. The van der Waals surface area contributed by atoms with E-state index in [9.17, 15) is 18.0 Å². The number of hydrogen-bond donors (Lipinski definition) is 1. The highest BCUT2D eigenvalue weighted by atomic mass is 19.2. The zero-order valence-electron chi connectivity index (χ0n) is 19.7. The second-order valence-electron chi connectivity index (χ2n) is 9.44. The van der Waals surface area contributed by atoms with Gasteiger partial charge < -0.3 is 10.1 Å². The number of carbonyl (C=O) groups excluding carboxylic acids is 1. The second-order valence-corrected chi connectivity index (χ2v) is 9.44. The van der Waals surface area contributed by atoms with Crippen LogP contribution in [-0.2, 0) is 11.2 Å². The number of nitrogens with zero attached hydrogens (tertiary/aromatic N) is 2. The molecule has 5 nitrogen and oxygen atoms in total. The molecule has 8 heteroatoms. The number of amides is 1. The highest BCUT2D eigenvalue weighted by Crippen LogP contribution is 2.24. The van der Waals surface area contributed by atoms with Crippen molar-refractivity contribution in [2.45, 2.75) is 33.2 Å². The lowest BCUT2D eigenvalue weighted by Gasteiger charge is -2.25. The molecule has 1 N–H and O–H groups in total. The molecule has 3 aromatic carbocycles. The summed E-state index contributed by atoms with van der Waals surface area (Å²) in [7, 11) is 0. The van der Waals surface area contributed by atoms with E-state index in [0.717, 1.165) is 28.7 Å². The predicted octanol–water partition coefficient (Wildman–Crippen LogP) is 5.60. The molecule has 0 spiro atoms. The lowest BCUT2D eigenvalue weighted by Crippen LogP contribution is -2.45. The third-order valence-corrected chi connectivity index (χ3v) is 5.54. The maximum Gasteiger partial charge on any atom is 0.225 e. The number of halogens is 3. The summed E-state index contributed by atoms with van der Waals surface area (Å²) in [6.45, 7) is 5.51. The minimum atomic E-state index is -0.937. The Morgan fingerprint density at radius 2 is 1.74 bits per heavy atom. The normalized spacial score (nSPS) is 12.5. The summed E-state index contributed by atoms with van der Waals surface area (Å²) in [6, 6.07) is 14.7. The smallest absolute Gasteiger partial charge is 0.225 e. The van der Waals surface area contributed by atoms with Crippen molar-refractivity contribution in [1.29, 1.82) is 0 Å². The molecule has 182 valence electrons. The van der Waals surface area contributed by atoms with Crippen LogP contribution in [0.1, 0.15) is 26.3 Å². The third kappa shape index (κ3) is 5.82. The fraction of sp³-hybridized carbons (Fsp3) is 0.259. The SMILES string of the molecule is CC(C)(C)C(=O)N[C@H](COc1ccc2c(cnn2-c2ccc(F)cc2)c1)Cc1ccc(F)c(F)c1. The summed E-state index contributed by atoms with van der Waals surface area (Å²) in [4.78, 5) is 12.6. The van der Waals surface area contributed by atoms with Crippen LogP contribution in [-0.4, -0.2) is 28.3 Å². The Morgan fingerprint density at radius 1 is 1.00 bits per heavy atom. The quantitative estimate of drug-likeness (QED) is 0.374. The van der Waals surface area contributed by atoms with Gasteiger partial charge in [0, 0.05) is 10.8 Å². The Hall–Kier alpha value is -3.81. The standard InChI is InChI=1S/C27H26F3N3O2/c1-27(2,3)26(34)32-20(12-17-4-10-23(29)24(30)13-17)16-35-22-9-11-25-18(14-22)15-31-33(25)21-7-5-19(28)6-8-21/h4-11,13-15,20H,12,16H2,1-3H3,(H,32,34)/t20-/m0/s1. The molecule has 0 saturated carbocycles. The molecular formula is C27H26F3N3O2. The average molecular weight is 482 g/mol. The van der Waals surface area contributed by atoms with E-state index in [0.29, 0.717) is 11.3 Å². The van der Waals surface area contributed by atoms with E-state index in [1.54, 1.807) is 49.8 Å². The van der Waals surface area contributed by atoms with E-state index in [-0.39, 0.29) is 24.8 Å². The molecule has 1 atom stereocenters. The van der Waals surface area contributed by atoms with Gasteiger partial charge in [0.15, 0.2) is 11.6 Å². The zero-order valence-corrected chi connectivity index (χ0v) is 19.7. The van der Waals surface area contributed by atoms with E-state index in [4.69, 9.17) is 4.74 Å². The second kappa shape index (κ2) is 9.82. The van der Waals surface area contributed by atoms with Crippen molar-refractivity contribution in [3.63, 3.8) is 0 Å². The van der Waals surface area contributed by atoms with Gasteiger partial charge in [0.05, 0.1) is 23.4 Å². The highest BCUT2D eigenvalue weighted by molar-refractivity contribution is 5.82. The van der Waals surface area contributed by atoms with E-state index in [2.05, 4.69) is 10.4 Å². The number of carbonyl (C=O) groups is 1. The van der Waals surface area contributed by atoms with Gasteiger partial charge in [-0.1, -0.05) is 26.8 Å². The Morgan fingerprint density at radius 3 is 2.43 bits per heavy atom. The van der Waals surface area contributed by atoms with Crippen LogP contribution in [0.5, 0.6) is 5.75 Å². The minimum Gasteiger partial charge on any atom is -0.491 e. The molecule has 0 unspecified atom stereocenters. The van der Waals surface area contributed by atoms with Crippen molar-refractivity contribution in [2.75, 3.05) is 6.61 Å². The number of fused-ring (bicyclic) bond motifs is 1. The number of benzene rings is 3. The summed E-state index contributed by atoms with van der Waals surface area (Å²) in [5.41, 5.74) is 1.47. The number of ether oxygens (including phenoxy) is 1. The summed E-state index contributed by atoms with van der Waals surface area (Å²) in [5.74, 6) is -1.79. The number of aromatic nitrogens is 2. The molecule has 0 aliphatic heterocycles. The Labute approximate surface area is 201 Å². The van der Waals surface area contributed by atoms with Crippen LogP contribution >= 0.6 is 0 Å². The molecular weight excluding hydrogens is 455 g/mol. The van der Waals surface area contributed by atoms with Gasteiger partial charge in [-0.25, -0.2) is 17.9 Å². The Kier molecular flexibility index (Phi) is 6.82. The van der Waals surface area contributed by atoms with Crippen molar-refractivity contribution in [3.8, 4) is 11.4 Å². The number of nitrogens with one attached hydrogen (secondary N) is 1. The number of rotatable bonds is 7. The van der Waals surface area contributed by atoms with Crippen molar-refractivity contribution < 1.29 is 22.7 Å². The van der Waals surface area contributed by atoms with Gasteiger partial charge in [0.2, 0.25) is 5.91 Å². The van der Waals surface area contributed by atoms with Gasteiger partial charge in [-0.05, 0) is 66.6 Å². The molecule has 4 rings (SSSR count). The molecule has 0 radical (unpaired) electrons. The molecule has 0 aliphatic carbocycles. The maximum absolute atomic E-state index is 13.7. The average Bonchev–Trinajstić information content (AvgIpc) is 3.23. The summed E-state index contributed by atoms with van der Waals surface area (Å²) < 4.78 is 48.0. The van der Waals surface area contributed by atoms with Crippen LogP contribution in [0.3, 0.4) is 0 Å². The molecule has 4 aromatic rings. The summed E-state index contributed by atoms with van der Waals surface area (Å²) in [6.07, 6.45) is 1.95. The van der Waals surface area contributed by atoms with Crippen LogP contribution in [0.15, 0.2) is 66.9 Å². The van der Waals surface area contributed by atoms with Gasteiger partial charge >= 0.3 is 0 Å². The van der Waals surface area contributed by atoms with Crippen LogP contribution in [0, 0.1) is 22.9 Å². The Balaban J connectivity index is 1.51. The fourth-order valence-electron chi connectivity index (χ4n) is 3.59. The molecule has 0 bridgehead atoms. The van der Waals surface area contributed by atoms with Crippen molar-refractivity contribution in [2.24, 2.45) is 5.41 Å². The minimum absolute atomic E-state index is 0.123. The lowest BCUT2D eigenvalue weighted by atomic mass is 9.94.